The number of likely N-dealkylation sites (tertiary alicyclic amines) is 1. The molecule has 0 unspecified atom stereocenters. The Kier molecular flexibility index (Phi) is 9.61. The number of imidazole rings is 1. The van der Waals surface area contributed by atoms with E-state index in [2.05, 4.69) is 46.0 Å². The van der Waals surface area contributed by atoms with E-state index in [0.717, 1.165) is 23.8 Å². The fourth-order valence-corrected chi connectivity index (χ4v) is 4.51. The van der Waals surface area contributed by atoms with Gasteiger partial charge in [-0.05, 0) is 31.5 Å². The standard InChI is InChI=1S/C20H25N3OS.C4H4O4/c1-2-7-11-22(10-6-1)12-13-24-16-18-14-23-15-19(25-20(23)21-18)17-8-4-3-5-9-17;5-3(6)1-2-4(7)8/h3-5,8-9,14-15H,1-2,6-7,10-13,16H2;1-2H,(H,5,6)(H,7,8)/b;2-1-. The van der Waals surface area contributed by atoms with Crippen LogP contribution in [0.5, 0.6) is 0 Å². The molecule has 0 amide bonds. The molecule has 33 heavy (non-hydrogen) atoms. The Morgan fingerprint density at radius 3 is 2.27 bits per heavy atom. The van der Waals surface area contributed by atoms with Crippen molar-refractivity contribution in [3.8, 4) is 10.4 Å². The molecule has 0 atom stereocenters. The number of fused-ring (bicyclic) bond motifs is 1. The molecule has 2 aromatic heterocycles. The van der Waals surface area contributed by atoms with E-state index in [1.54, 1.807) is 11.3 Å². The molecule has 1 aromatic carbocycles. The zero-order valence-electron chi connectivity index (χ0n) is 18.4. The molecule has 0 saturated carbocycles. The van der Waals surface area contributed by atoms with Crippen molar-refractivity contribution in [3.05, 3.63) is 60.6 Å². The highest BCUT2D eigenvalue weighted by molar-refractivity contribution is 7.20. The Labute approximate surface area is 196 Å². The first kappa shape index (κ1) is 24.6. The highest BCUT2D eigenvalue weighted by Gasteiger charge is 2.10. The van der Waals surface area contributed by atoms with Gasteiger partial charge in [0.05, 0.1) is 23.8 Å². The van der Waals surface area contributed by atoms with Crippen molar-refractivity contribution in [2.24, 2.45) is 0 Å². The average molecular weight is 472 g/mol. The van der Waals surface area contributed by atoms with Gasteiger partial charge in [-0.1, -0.05) is 54.5 Å². The van der Waals surface area contributed by atoms with Crippen molar-refractivity contribution < 1.29 is 24.5 Å². The summed E-state index contributed by atoms with van der Waals surface area (Å²) in [6, 6.07) is 10.5. The molecule has 8 nitrogen and oxygen atoms in total. The van der Waals surface area contributed by atoms with E-state index in [9.17, 15) is 9.59 Å². The zero-order chi connectivity index (χ0) is 23.5. The summed E-state index contributed by atoms with van der Waals surface area (Å²) in [5, 5.41) is 15.6. The average Bonchev–Trinajstić information content (AvgIpc) is 3.25. The molecular weight excluding hydrogens is 442 g/mol. The van der Waals surface area contributed by atoms with E-state index in [-0.39, 0.29) is 0 Å². The van der Waals surface area contributed by atoms with Gasteiger partial charge in [0, 0.05) is 31.1 Å². The van der Waals surface area contributed by atoms with Gasteiger partial charge in [0.25, 0.3) is 0 Å². The van der Waals surface area contributed by atoms with Crippen LogP contribution in [0.25, 0.3) is 15.4 Å². The molecule has 3 aromatic rings. The number of nitrogens with zero attached hydrogens (tertiary/aromatic N) is 3. The summed E-state index contributed by atoms with van der Waals surface area (Å²) in [7, 11) is 0. The fourth-order valence-electron chi connectivity index (χ4n) is 3.52. The number of hydrogen-bond acceptors (Lipinski definition) is 6. The molecule has 0 aliphatic carbocycles. The molecule has 1 fully saturated rings. The normalized spacial score (nSPS) is 14.7. The third kappa shape index (κ3) is 8.45. The molecular formula is C24H29N3O5S. The van der Waals surface area contributed by atoms with E-state index >= 15 is 0 Å². The quantitative estimate of drug-likeness (QED) is 0.375. The van der Waals surface area contributed by atoms with Gasteiger partial charge in [-0.3, -0.25) is 4.40 Å². The molecule has 0 bridgehead atoms. The Morgan fingerprint density at radius 2 is 1.67 bits per heavy atom. The van der Waals surface area contributed by atoms with E-state index in [4.69, 9.17) is 19.9 Å². The molecule has 1 saturated heterocycles. The first-order valence-electron chi connectivity index (χ1n) is 11.0. The first-order chi connectivity index (χ1) is 16.0. The van der Waals surface area contributed by atoms with Gasteiger partial charge < -0.3 is 19.8 Å². The van der Waals surface area contributed by atoms with Gasteiger partial charge in [0.15, 0.2) is 4.96 Å². The van der Waals surface area contributed by atoms with Gasteiger partial charge in [-0.15, -0.1) is 0 Å². The predicted octanol–water partition coefficient (Wildman–Crippen LogP) is 4.17. The Hall–Kier alpha value is -3.01. The highest BCUT2D eigenvalue weighted by atomic mass is 32.1. The van der Waals surface area contributed by atoms with Gasteiger partial charge in [-0.2, -0.15) is 0 Å². The van der Waals surface area contributed by atoms with Crippen molar-refractivity contribution in [2.45, 2.75) is 32.3 Å². The fraction of sp³-hybridized carbons (Fsp3) is 0.375. The Balaban J connectivity index is 0.000000331. The van der Waals surface area contributed by atoms with E-state index < -0.39 is 11.9 Å². The van der Waals surface area contributed by atoms with Crippen molar-refractivity contribution in [1.29, 1.82) is 0 Å². The van der Waals surface area contributed by atoms with Crippen LogP contribution in [0.2, 0.25) is 0 Å². The van der Waals surface area contributed by atoms with E-state index in [1.165, 1.54) is 49.2 Å². The summed E-state index contributed by atoms with van der Waals surface area (Å²) < 4.78 is 7.98. The molecule has 0 spiro atoms. The second-order valence-electron chi connectivity index (χ2n) is 7.70. The molecule has 0 radical (unpaired) electrons. The summed E-state index contributed by atoms with van der Waals surface area (Å²) in [4.78, 5) is 28.6. The minimum atomic E-state index is -1.26. The topological polar surface area (TPSA) is 104 Å². The van der Waals surface area contributed by atoms with Crippen LogP contribution in [0.3, 0.4) is 0 Å². The lowest BCUT2D eigenvalue weighted by Crippen LogP contribution is -2.28. The number of hydrogen-bond donors (Lipinski definition) is 2. The minimum absolute atomic E-state index is 0.558. The number of carbonyl (C=O) groups is 2. The summed E-state index contributed by atoms with van der Waals surface area (Å²) in [5.41, 5.74) is 2.26. The number of thiazole rings is 1. The predicted molar refractivity (Wildman–Crippen MR) is 127 cm³/mol. The first-order valence-corrected chi connectivity index (χ1v) is 11.8. The summed E-state index contributed by atoms with van der Waals surface area (Å²) in [6.07, 6.45) is 10.8. The van der Waals surface area contributed by atoms with E-state index in [1.807, 2.05) is 6.07 Å². The maximum Gasteiger partial charge on any atom is 0.328 e. The maximum atomic E-state index is 9.55. The van der Waals surface area contributed by atoms with Gasteiger partial charge in [-0.25, -0.2) is 14.6 Å². The third-order valence-electron chi connectivity index (χ3n) is 5.13. The van der Waals surface area contributed by atoms with Crippen LogP contribution >= 0.6 is 11.3 Å². The molecule has 176 valence electrons. The number of aliphatic carboxylic acids is 2. The van der Waals surface area contributed by atoms with Crippen molar-refractivity contribution >= 4 is 28.2 Å². The minimum Gasteiger partial charge on any atom is -0.478 e. The third-order valence-corrected chi connectivity index (χ3v) is 6.18. The molecule has 2 N–H and O–H groups in total. The summed E-state index contributed by atoms with van der Waals surface area (Å²) in [6.45, 7) is 4.89. The van der Waals surface area contributed by atoms with Gasteiger partial charge >= 0.3 is 11.9 Å². The van der Waals surface area contributed by atoms with Crippen LogP contribution in [0, 0.1) is 0 Å². The zero-order valence-corrected chi connectivity index (χ0v) is 19.2. The number of rotatable bonds is 8. The lowest BCUT2D eigenvalue weighted by Gasteiger charge is -2.19. The Morgan fingerprint density at radius 1 is 1.00 bits per heavy atom. The Bertz CT molecular complexity index is 1010. The molecule has 1 aliphatic rings. The molecule has 4 rings (SSSR count). The summed E-state index contributed by atoms with van der Waals surface area (Å²) in [5.74, 6) is -2.51. The lowest BCUT2D eigenvalue weighted by molar-refractivity contribution is -0.134. The molecule has 3 heterocycles. The second kappa shape index (κ2) is 12.9. The lowest BCUT2D eigenvalue weighted by atomic mass is 10.2. The SMILES string of the molecule is O=C(O)/C=C\C(=O)O.c1ccc(-c2cn3cc(COCCN4CCCCCC4)nc3s2)cc1. The number of benzene rings is 1. The number of ether oxygens (including phenoxy) is 1. The molecule has 9 heteroatoms. The number of carboxylic acids is 2. The van der Waals surface area contributed by atoms with Crippen molar-refractivity contribution in [1.82, 2.24) is 14.3 Å². The van der Waals surface area contributed by atoms with Gasteiger partial charge in [0.1, 0.15) is 0 Å². The van der Waals surface area contributed by atoms with Crippen LogP contribution in [-0.4, -0.2) is 62.7 Å². The monoisotopic (exact) mass is 471 g/mol. The van der Waals surface area contributed by atoms with Crippen LogP contribution < -0.4 is 0 Å². The number of carboxylic acid groups (broad SMARTS) is 2. The van der Waals surface area contributed by atoms with Crippen LogP contribution in [0.15, 0.2) is 54.9 Å². The number of aromatic nitrogens is 2. The van der Waals surface area contributed by atoms with Crippen molar-refractivity contribution in [3.63, 3.8) is 0 Å². The summed E-state index contributed by atoms with van der Waals surface area (Å²) >= 11 is 1.72. The molecule has 1 aliphatic heterocycles. The highest BCUT2D eigenvalue weighted by Crippen LogP contribution is 2.28. The van der Waals surface area contributed by atoms with Gasteiger partial charge in [0.2, 0.25) is 0 Å². The second-order valence-corrected chi connectivity index (χ2v) is 8.71. The van der Waals surface area contributed by atoms with Crippen LogP contribution in [0.4, 0.5) is 0 Å². The largest absolute Gasteiger partial charge is 0.478 e. The van der Waals surface area contributed by atoms with Crippen LogP contribution in [-0.2, 0) is 20.9 Å². The maximum absolute atomic E-state index is 9.55. The van der Waals surface area contributed by atoms with Crippen LogP contribution in [0.1, 0.15) is 31.4 Å². The van der Waals surface area contributed by atoms with E-state index in [0.29, 0.717) is 18.8 Å². The van der Waals surface area contributed by atoms with Crippen molar-refractivity contribution in [2.75, 3.05) is 26.2 Å². The smallest absolute Gasteiger partial charge is 0.328 e.